The van der Waals surface area contributed by atoms with Crippen LogP contribution in [0.15, 0.2) is 53.4 Å². The van der Waals surface area contributed by atoms with Gasteiger partial charge in [-0.1, -0.05) is 18.2 Å². The molecule has 0 heterocycles. The van der Waals surface area contributed by atoms with Gasteiger partial charge in [0.05, 0.1) is 12.5 Å². The first-order valence-corrected chi connectivity index (χ1v) is 10.3. The number of carboxylic acid groups (broad SMARTS) is 1. The molecular formula is C21H22N2O4S. The first-order valence-electron chi connectivity index (χ1n) is 9.04. The van der Waals surface area contributed by atoms with Crippen LogP contribution >= 0.6 is 11.8 Å². The van der Waals surface area contributed by atoms with Gasteiger partial charge in [0.1, 0.15) is 0 Å². The predicted octanol–water partition coefficient (Wildman–Crippen LogP) is 3.70. The molecule has 0 radical (unpaired) electrons. The number of amides is 2. The minimum Gasteiger partial charge on any atom is -0.481 e. The molecule has 1 fully saturated rings. The number of carboxylic acids is 1. The third kappa shape index (κ3) is 5.36. The molecule has 2 aromatic rings. The van der Waals surface area contributed by atoms with E-state index in [4.69, 9.17) is 0 Å². The second-order valence-corrected chi connectivity index (χ2v) is 7.62. The van der Waals surface area contributed by atoms with Gasteiger partial charge >= 0.3 is 5.97 Å². The fourth-order valence-corrected chi connectivity index (χ4v) is 3.24. The van der Waals surface area contributed by atoms with Crippen LogP contribution in [0.5, 0.6) is 0 Å². The smallest absolute Gasteiger partial charge is 0.305 e. The van der Waals surface area contributed by atoms with E-state index in [1.165, 1.54) is 0 Å². The van der Waals surface area contributed by atoms with E-state index in [-0.39, 0.29) is 24.2 Å². The highest BCUT2D eigenvalue weighted by molar-refractivity contribution is 7.98. The van der Waals surface area contributed by atoms with Crippen LogP contribution in [0.3, 0.4) is 0 Å². The summed E-state index contributed by atoms with van der Waals surface area (Å²) in [5, 5.41) is 14.8. The SMILES string of the molecule is CSc1ccc(C(CC(=O)O)NC(=O)c2cccc(NC(=O)C3CC3)c2)cc1. The van der Waals surface area contributed by atoms with Crippen molar-refractivity contribution in [1.82, 2.24) is 5.32 Å². The number of carbonyl (C=O) groups excluding carboxylic acids is 2. The van der Waals surface area contributed by atoms with E-state index < -0.39 is 12.0 Å². The lowest BCUT2D eigenvalue weighted by molar-refractivity contribution is -0.137. The monoisotopic (exact) mass is 398 g/mol. The Morgan fingerprint density at radius 1 is 1.14 bits per heavy atom. The van der Waals surface area contributed by atoms with Gasteiger partial charge in [-0.15, -0.1) is 11.8 Å². The van der Waals surface area contributed by atoms with Crippen LogP contribution in [-0.2, 0) is 9.59 Å². The number of aliphatic carboxylic acids is 1. The van der Waals surface area contributed by atoms with Crippen molar-refractivity contribution in [2.45, 2.75) is 30.2 Å². The average molecular weight is 398 g/mol. The maximum absolute atomic E-state index is 12.7. The molecule has 7 heteroatoms. The van der Waals surface area contributed by atoms with Crippen molar-refractivity contribution in [1.29, 1.82) is 0 Å². The summed E-state index contributed by atoms with van der Waals surface area (Å²) in [7, 11) is 0. The lowest BCUT2D eigenvalue weighted by Gasteiger charge is -2.18. The van der Waals surface area contributed by atoms with E-state index in [1.807, 2.05) is 30.5 Å². The summed E-state index contributed by atoms with van der Waals surface area (Å²) in [4.78, 5) is 36.9. The van der Waals surface area contributed by atoms with Crippen molar-refractivity contribution >= 4 is 35.2 Å². The molecule has 1 unspecified atom stereocenters. The van der Waals surface area contributed by atoms with Crippen molar-refractivity contribution in [3.8, 4) is 0 Å². The Bertz CT molecular complexity index is 878. The molecule has 0 aliphatic heterocycles. The van der Waals surface area contributed by atoms with Gasteiger partial charge in [0.2, 0.25) is 5.91 Å². The van der Waals surface area contributed by atoms with Gasteiger partial charge in [-0.2, -0.15) is 0 Å². The highest BCUT2D eigenvalue weighted by Crippen LogP contribution is 2.30. The minimum absolute atomic E-state index is 0.0322. The second-order valence-electron chi connectivity index (χ2n) is 6.74. The zero-order valence-corrected chi connectivity index (χ0v) is 16.3. The first-order chi connectivity index (χ1) is 13.5. The van der Waals surface area contributed by atoms with Crippen LogP contribution in [0, 0.1) is 5.92 Å². The zero-order valence-electron chi connectivity index (χ0n) is 15.5. The Hall–Kier alpha value is -2.80. The third-order valence-electron chi connectivity index (χ3n) is 4.54. The molecule has 1 saturated carbocycles. The van der Waals surface area contributed by atoms with Gasteiger partial charge in [-0.05, 0) is 55.0 Å². The number of anilines is 1. The summed E-state index contributed by atoms with van der Waals surface area (Å²) in [6.45, 7) is 0. The standard InChI is InChI=1S/C21H22N2O4S/c1-28-17-9-7-13(8-10-17)18(12-19(24)25)23-21(27)15-3-2-4-16(11-15)22-20(26)14-5-6-14/h2-4,7-11,14,18H,5-6,12H2,1H3,(H,22,26)(H,23,27)(H,24,25). The molecule has 0 spiro atoms. The lowest BCUT2D eigenvalue weighted by atomic mass is 10.0. The van der Waals surface area contributed by atoms with Gasteiger partial charge in [0.25, 0.3) is 5.91 Å². The van der Waals surface area contributed by atoms with E-state index in [9.17, 15) is 19.5 Å². The van der Waals surface area contributed by atoms with Crippen molar-refractivity contribution < 1.29 is 19.5 Å². The molecule has 0 saturated heterocycles. The van der Waals surface area contributed by atoms with Crippen LogP contribution < -0.4 is 10.6 Å². The predicted molar refractivity (Wildman–Crippen MR) is 108 cm³/mol. The number of rotatable bonds is 8. The van der Waals surface area contributed by atoms with E-state index in [0.717, 1.165) is 23.3 Å². The van der Waals surface area contributed by atoms with Gasteiger partial charge in [-0.3, -0.25) is 14.4 Å². The zero-order chi connectivity index (χ0) is 20.1. The van der Waals surface area contributed by atoms with Crippen molar-refractivity contribution in [3.05, 3.63) is 59.7 Å². The largest absolute Gasteiger partial charge is 0.481 e. The van der Waals surface area contributed by atoms with Gasteiger partial charge in [0.15, 0.2) is 0 Å². The molecule has 1 aliphatic rings. The second kappa shape index (κ2) is 8.93. The maximum Gasteiger partial charge on any atom is 0.305 e. The summed E-state index contributed by atoms with van der Waals surface area (Å²) >= 11 is 1.59. The maximum atomic E-state index is 12.7. The Balaban J connectivity index is 1.73. The molecule has 2 aromatic carbocycles. The van der Waals surface area contributed by atoms with E-state index in [0.29, 0.717) is 11.3 Å². The van der Waals surface area contributed by atoms with Crippen LogP contribution in [0.25, 0.3) is 0 Å². The number of hydrogen-bond acceptors (Lipinski definition) is 4. The number of benzene rings is 2. The summed E-state index contributed by atoms with van der Waals surface area (Å²) in [6, 6.07) is 13.5. The molecule has 1 atom stereocenters. The molecule has 3 N–H and O–H groups in total. The fourth-order valence-electron chi connectivity index (χ4n) is 2.83. The van der Waals surface area contributed by atoms with E-state index in [2.05, 4.69) is 10.6 Å². The van der Waals surface area contributed by atoms with Gasteiger partial charge in [0, 0.05) is 22.1 Å². The Labute approximate surface area is 167 Å². The van der Waals surface area contributed by atoms with Crippen molar-refractivity contribution in [3.63, 3.8) is 0 Å². The van der Waals surface area contributed by atoms with Crippen LogP contribution in [0.4, 0.5) is 5.69 Å². The number of nitrogens with one attached hydrogen (secondary N) is 2. The molecule has 0 aromatic heterocycles. The lowest BCUT2D eigenvalue weighted by Crippen LogP contribution is -2.30. The molecule has 2 amide bonds. The quantitative estimate of drug-likeness (QED) is 0.589. The number of carbonyl (C=O) groups is 3. The minimum atomic E-state index is -0.996. The molecule has 146 valence electrons. The Morgan fingerprint density at radius 3 is 2.46 bits per heavy atom. The molecule has 0 bridgehead atoms. The topological polar surface area (TPSA) is 95.5 Å². The van der Waals surface area contributed by atoms with Crippen LogP contribution in [0.2, 0.25) is 0 Å². The van der Waals surface area contributed by atoms with E-state index in [1.54, 1.807) is 36.0 Å². The average Bonchev–Trinajstić information content (AvgIpc) is 3.53. The van der Waals surface area contributed by atoms with Crippen LogP contribution in [-0.4, -0.2) is 29.1 Å². The molecule has 3 rings (SSSR count). The fraction of sp³-hybridized carbons (Fsp3) is 0.286. The normalized spacial score (nSPS) is 14.2. The number of hydrogen-bond donors (Lipinski definition) is 3. The summed E-state index contributed by atoms with van der Waals surface area (Å²) in [6.07, 6.45) is 3.54. The third-order valence-corrected chi connectivity index (χ3v) is 5.29. The molecular weight excluding hydrogens is 376 g/mol. The Morgan fingerprint density at radius 2 is 1.86 bits per heavy atom. The summed E-state index contributed by atoms with van der Waals surface area (Å²) < 4.78 is 0. The highest BCUT2D eigenvalue weighted by Gasteiger charge is 2.29. The Kier molecular flexibility index (Phi) is 6.36. The first kappa shape index (κ1) is 19.9. The van der Waals surface area contributed by atoms with Gasteiger partial charge < -0.3 is 15.7 Å². The summed E-state index contributed by atoms with van der Waals surface area (Å²) in [5.74, 6) is -1.34. The number of thioether (sulfide) groups is 1. The highest BCUT2D eigenvalue weighted by atomic mass is 32.2. The molecule has 28 heavy (non-hydrogen) atoms. The molecule has 1 aliphatic carbocycles. The van der Waals surface area contributed by atoms with Crippen molar-refractivity contribution in [2.75, 3.05) is 11.6 Å². The van der Waals surface area contributed by atoms with Crippen molar-refractivity contribution in [2.24, 2.45) is 5.92 Å². The van der Waals surface area contributed by atoms with Crippen LogP contribution in [0.1, 0.15) is 41.2 Å². The summed E-state index contributed by atoms with van der Waals surface area (Å²) in [5.41, 5.74) is 1.65. The molecule has 6 nitrogen and oxygen atoms in total. The van der Waals surface area contributed by atoms with E-state index >= 15 is 0 Å². The van der Waals surface area contributed by atoms with Gasteiger partial charge in [-0.25, -0.2) is 0 Å².